The molecule has 1 aromatic carbocycles. The number of piperidine rings is 2. The maximum atomic E-state index is 13.4. The van der Waals surface area contributed by atoms with Gasteiger partial charge in [-0.3, -0.25) is 4.79 Å². The van der Waals surface area contributed by atoms with Crippen molar-refractivity contribution in [2.75, 3.05) is 38.2 Å². The van der Waals surface area contributed by atoms with Gasteiger partial charge >= 0.3 is 0 Å². The van der Waals surface area contributed by atoms with Crippen molar-refractivity contribution in [3.05, 3.63) is 18.2 Å². The van der Waals surface area contributed by atoms with E-state index in [0.29, 0.717) is 6.54 Å². The van der Waals surface area contributed by atoms with Crippen LogP contribution in [0, 0.1) is 5.92 Å². The van der Waals surface area contributed by atoms with Crippen LogP contribution < -0.4 is 9.64 Å². The molecule has 4 rings (SSSR count). The third kappa shape index (κ3) is 3.72. The molecular weight excluding hydrogens is 372 g/mol. The van der Waals surface area contributed by atoms with Gasteiger partial charge in [0, 0.05) is 39.0 Å². The lowest BCUT2D eigenvalue weighted by molar-refractivity contribution is -0.141. The number of carbonyl (C=O) groups is 1. The van der Waals surface area contributed by atoms with Gasteiger partial charge in [-0.05, 0) is 25.0 Å². The van der Waals surface area contributed by atoms with Gasteiger partial charge in [0.05, 0.1) is 17.7 Å². The Kier molecular flexibility index (Phi) is 4.92. The monoisotopic (exact) mass is 395 g/mol. The first-order chi connectivity index (χ1) is 13.0. The number of nitrogens with zero attached hydrogens (tertiary/aromatic N) is 3. The van der Waals surface area contributed by atoms with Crippen LogP contribution in [0.1, 0.15) is 25.7 Å². The van der Waals surface area contributed by atoms with Crippen LogP contribution in [0.15, 0.2) is 18.2 Å². The van der Waals surface area contributed by atoms with Crippen LogP contribution in [0.3, 0.4) is 0 Å². The van der Waals surface area contributed by atoms with E-state index < -0.39 is 5.92 Å². The van der Waals surface area contributed by atoms with E-state index >= 15 is 0 Å². The highest BCUT2D eigenvalue weighted by Gasteiger charge is 2.38. The summed E-state index contributed by atoms with van der Waals surface area (Å²) in [6, 6.07) is 5.85. The molecule has 0 radical (unpaired) electrons. The molecule has 3 heterocycles. The van der Waals surface area contributed by atoms with Gasteiger partial charge in [0.1, 0.15) is 11.3 Å². The number of ether oxygens (including phenoxy) is 1. The summed E-state index contributed by atoms with van der Waals surface area (Å²) in [5.74, 6) is -2.03. The van der Waals surface area contributed by atoms with Crippen LogP contribution in [-0.4, -0.2) is 55.0 Å². The third-order valence-corrected chi connectivity index (χ3v) is 6.52. The lowest BCUT2D eigenvalue weighted by Gasteiger charge is -2.37. The molecule has 0 N–H and O–H groups in total. The highest BCUT2D eigenvalue weighted by molar-refractivity contribution is 7.22. The van der Waals surface area contributed by atoms with Gasteiger partial charge in [0.2, 0.25) is 5.91 Å². The number of thiazole rings is 1. The number of anilines is 1. The Labute approximate surface area is 160 Å². The van der Waals surface area contributed by atoms with Gasteiger partial charge in [0.25, 0.3) is 5.92 Å². The largest absolute Gasteiger partial charge is 0.494 e. The molecule has 0 bridgehead atoms. The zero-order chi connectivity index (χ0) is 19.0. The minimum Gasteiger partial charge on any atom is -0.494 e. The second-order valence-electron chi connectivity index (χ2n) is 7.27. The molecular formula is C19H23F2N3O2S. The van der Waals surface area contributed by atoms with Gasteiger partial charge in [-0.1, -0.05) is 17.4 Å². The molecule has 5 nitrogen and oxygen atoms in total. The predicted molar refractivity (Wildman–Crippen MR) is 102 cm³/mol. The van der Waals surface area contributed by atoms with E-state index in [-0.39, 0.29) is 37.8 Å². The van der Waals surface area contributed by atoms with Crippen LogP contribution in [0.2, 0.25) is 0 Å². The number of rotatable bonds is 3. The minimum atomic E-state index is -2.63. The molecule has 8 heteroatoms. The third-order valence-electron chi connectivity index (χ3n) is 5.44. The molecule has 2 fully saturated rings. The van der Waals surface area contributed by atoms with E-state index in [2.05, 4.69) is 4.90 Å². The summed E-state index contributed by atoms with van der Waals surface area (Å²) in [7, 11) is 1.63. The number of amides is 1. The summed E-state index contributed by atoms with van der Waals surface area (Å²) in [5.41, 5.74) is 0.840. The van der Waals surface area contributed by atoms with E-state index in [4.69, 9.17) is 9.72 Å². The summed E-state index contributed by atoms with van der Waals surface area (Å²) >= 11 is 1.59. The Balaban J connectivity index is 1.47. The van der Waals surface area contributed by atoms with Crippen molar-refractivity contribution in [2.45, 2.75) is 31.6 Å². The Morgan fingerprint density at radius 3 is 2.81 bits per heavy atom. The molecule has 2 aliphatic heterocycles. The van der Waals surface area contributed by atoms with E-state index in [0.717, 1.165) is 40.5 Å². The molecule has 1 atom stereocenters. The number of aromatic nitrogens is 1. The maximum absolute atomic E-state index is 13.4. The molecule has 1 aromatic heterocycles. The number of fused-ring (bicyclic) bond motifs is 1. The lowest BCUT2D eigenvalue weighted by Crippen LogP contribution is -2.49. The Morgan fingerprint density at radius 1 is 1.30 bits per heavy atom. The number of hydrogen-bond acceptors (Lipinski definition) is 5. The highest BCUT2D eigenvalue weighted by atomic mass is 32.1. The Morgan fingerprint density at radius 2 is 2.07 bits per heavy atom. The number of benzene rings is 1. The van der Waals surface area contributed by atoms with Crippen molar-refractivity contribution in [3.8, 4) is 5.75 Å². The zero-order valence-corrected chi connectivity index (χ0v) is 16.1. The summed E-state index contributed by atoms with van der Waals surface area (Å²) in [6.45, 7) is 1.75. The quantitative estimate of drug-likeness (QED) is 0.794. The maximum Gasteiger partial charge on any atom is 0.251 e. The van der Waals surface area contributed by atoms with E-state index in [1.807, 2.05) is 18.2 Å². The Bertz CT molecular complexity index is 831. The summed E-state index contributed by atoms with van der Waals surface area (Å²) in [6.07, 6.45) is 1.24. The number of hydrogen-bond donors (Lipinski definition) is 0. The topological polar surface area (TPSA) is 45.7 Å². The molecule has 2 saturated heterocycles. The first-order valence-corrected chi connectivity index (χ1v) is 10.1. The van der Waals surface area contributed by atoms with Crippen molar-refractivity contribution in [3.63, 3.8) is 0 Å². The van der Waals surface area contributed by atoms with Crippen LogP contribution in [0.5, 0.6) is 5.75 Å². The first kappa shape index (κ1) is 18.4. The standard InChI is InChI=1S/C19H23F2N3O2S/c1-26-14-5-2-6-15-16(14)22-18(27-15)24-9-3-4-13(12-24)17(25)23-10-7-19(20,21)8-11-23/h2,5-6,13H,3-4,7-12H2,1H3. The van der Waals surface area contributed by atoms with E-state index in [1.165, 1.54) is 0 Å². The van der Waals surface area contributed by atoms with Gasteiger partial charge in [0.15, 0.2) is 5.13 Å². The van der Waals surface area contributed by atoms with Crippen molar-refractivity contribution in [1.82, 2.24) is 9.88 Å². The van der Waals surface area contributed by atoms with Crippen LogP contribution >= 0.6 is 11.3 Å². The van der Waals surface area contributed by atoms with E-state index in [9.17, 15) is 13.6 Å². The SMILES string of the molecule is COc1cccc2sc(N3CCCC(C(=O)N4CCC(F)(F)CC4)C3)nc12. The normalized spacial score (nSPS) is 22.9. The van der Waals surface area contributed by atoms with Gasteiger partial charge in [-0.25, -0.2) is 13.8 Å². The minimum absolute atomic E-state index is 0.00823. The number of alkyl halides is 2. The smallest absolute Gasteiger partial charge is 0.251 e. The molecule has 0 saturated carbocycles. The zero-order valence-electron chi connectivity index (χ0n) is 15.3. The number of carbonyl (C=O) groups excluding carboxylic acids is 1. The van der Waals surface area contributed by atoms with E-state index in [1.54, 1.807) is 23.3 Å². The summed E-state index contributed by atoms with van der Waals surface area (Å²) in [4.78, 5) is 21.3. The highest BCUT2D eigenvalue weighted by Crippen LogP contribution is 2.36. The second kappa shape index (κ2) is 7.22. The first-order valence-electron chi connectivity index (χ1n) is 9.32. The van der Waals surface area contributed by atoms with Crippen molar-refractivity contribution in [2.24, 2.45) is 5.92 Å². The molecule has 2 aliphatic rings. The van der Waals surface area contributed by atoms with Gasteiger partial charge < -0.3 is 14.5 Å². The number of methoxy groups -OCH3 is 1. The molecule has 27 heavy (non-hydrogen) atoms. The molecule has 2 aromatic rings. The van der Waals surface area contributed by atoms with Crippen molar-refractivity contribution < 1.29 is 18.3 Å². The molecule has 1 unspecified atom stereocenters. The average Bonchev–Trinajstić information content (AvgIpc) is 3.12. The number of halogens is 2. The molecule has 1 amide bonds. The van der Waals surface area contributed by atoms with Crippen LogP contribution in [0.4, 0.5) is 13.9 Å². The fraction of sp³-hybridized carbons (Fsp3) is 0.579. The summed E-state index contributed by atoms with van der Waals surface area (Å²) < 4.78 is 33.2. The number of likely N-dealkylation sites (tertiary alicyclic amines) is 1. The van der Waals surface area contributed by atoms with Crippen LogP contribution in [0.25, 0.3) is 10.2 Å². The average molecular weight is 395 g/mol. The molecule has 0 spiro atoms. The molecule has 0 aliphatic carbocycles. The lowest BCUT2D eigenvalue weighted by atomic mass is 9.95. The second-order valence-corrected chi connectivity index (χ2v) is 8.28. The fourth-order valence-electron chi connectivity index (χ4n) is 3.88. The van der Waals surface area contributed by atoms with Crippen molar-refractivity contribution in [1.29, 1.82) is 0 Å². The van der Waals surface area contributed by atoms with Crippen LogP contribution in [-0.2, 0) is 4.79 Å². The number of para-hydroxylation sites is 1. The van der Waals surface area contributed by atoms with Crippen molar-refractivity contribution >= 4 is 32.6 Å². The Hall–Kier alpha value is -1.96. The van der Waals surface area contributed by atoms with Gasteiger partial charge in [-0.15, -0.1) is 0 Å². The summed E-state index contributed by atoms with van der Waals surface area (Å²) in [5, 5.41) is 0.886. The predicted octanol–water partition coefficient (Wildman–Crippen LogP) is 3.78. The molecule has 146 valence electrons. The van der Waals surface area contributed by atoms with Gasteiger partial charge in [-0.2, -0.15) is 0 Å². The fourth-order valence-corrected chi connectivity index (χ4v) is 4.89.